The quantitative estimate of drug-likeness (QED) is 0.417. The third-order valence-electron chi connectivity index (χ3n) is 3.68. The molecule has 0 saturated heterocycles. The molecule has 1 aromatic carbocycles. The lowest BCUT2D eigenvalue weighted by Gasteiger charge is -2.16. The van der Waals surface area contributed by atoms with E-state index in [-0.39, 0.29) is 0 Å². The molecule has 1 unspecified atom stereocenters. The molecule has 5 heteroatoms. The topological polar surface area (TPSA) is 54.9 Å². The number of aliphatic imine (C=N–C) groups is 1. The van der Waals surface area contributed by atoms with E-state index >= 15 is 0 Å². The van der Waals surface area contributed by atoms with Crippen LogP contribution in [-0.4, -0.2) is 39.3 Å². The number of hydrogen-bond donors (Lipinski definition) is 2. The summed E-state index contributed by atoms with van der Waals surface area (Å²) in [4.78, 5) is 4.24. The van der Waals surface area contributed by atoms with Gasteiger partial charge in [-0.2, -0.15) is 0 Å². The van der Waals surface area contributed by atoms with Crippen LogP contribution in [-0.2, 0) is 6.42 Å². The fourth-order valence-corrected chi connectivity index (χ4v) is 2.17. The van der Waals surface area contributed by atoms with Gasteiger partial charge in [-0.25, -0.2) is 0 Å². The van der Waals surface area contributed by atoms with Crippen molar-refractivity contribution >= 4 is 5.96 Å². The summed E-state index contributed by atoms with van der Waals surface area (Å²) in [6, 6.07) is 6.55. The molecule has 0 amide bonds. The molecular weight excluding hydrogens is 290 g/mol. The van der Waals surface area contributed by atoms with E-state index in [2.05, 4.69) is 41.6 Å². The van der Waals surface area contributed by atoms with Crippen molar-refractivity contribution in [3.63, 3.8) is 0 Å². The standard InChI is InChI=1S/C18H31N3O2/c1-6-14(3)21-18(19-4)20-12-8-9-15-10-11-16(22-5)17(13-15)23-7-2/h10-11,13-14H,6-9,12H2,1-5H3,(H2,19,20,21). The molecule has 1 aromatic rings. The molecule has 0 fully saturated rings. The lowest BCUT2D eigenvalue weighted by atomic mass is 10.1. The maximum Gasteiger partial charge on any atom is 0.191 e. The summed E-state index contributed by atoms with van der Waals surface area (Å²) in [7, 11) is 3.47. The Morgan fingerprint density at radius 3 is 2.65 bits per heavy atom. The predicted molar refractivity (Wildman–Crippen MR) is 96.7 cm³/mol. The molecule has 0 saturated carbocycles. The maximum absolute atomic E-state index is 5.62. The summed E-state index contributed by atoms with van der Waals surface area (Å²) in [6.45, 7) is 7.81. The summed E-state index contributed by atoms with van der Waals surface area (Å²) in [6.07, 6.45) is 3.09. The summed E-state index contributed by atoms with van der Waals surface area (Å²) in [5.74, 6) is 2.46. The van der Waals surface area contributed by atoms with Crippen molar-refractivity contribution < 1.29 is 9.47 Å². The highest BCUT2D eigenvalue weighted by atomic mass is 16.5. The SMILES string of the molecule is CCOc1cc(CCCNC(=NC)NC(C)CC)ccc1OC. The highest BCUT2D eigenvalue weighted by Crippen LogP contribution is 2.28. The van der Waals surface area contributed by atoms with E-state index < -0.39 is 0 Å². The van der Waals surface area contributed by atoms with Crippen molar-refractivity contribution in [1.82, 2.24) is 10.6 Å². The molecule has 0 aliphatic rings. The summed E-state index contributed by atoms with van der Waals surface area (Å²) in [5, 5.41) is 6.71. The smallest absolute Gasteiger partial charge is 0.191 e. The van der Waals surface area contributed by atoms with Gasteiger partial charge in [-0.3, -0.25) is 4.99 Å². The number of nitrogens with one attached hydrogen (secondary N) is 2. The molecule has 5 nitrogen and oxygen atoms in total. The van der Waals surface area contributed by atoms with Crippen LogP contribution in [0.1, 0.15) is 39.2 Å². The summed E-state index contributed by atoms with van der Waals surface area (Å²) >= 11 is 0. The zero-order chi connectivity index (χ0) is 17.1. The number of nitrogens with zero attached hydrogens (tertiary/aromatic N) is 1. The average molecular weight is 321 g/mol. The minimum absolute atomic E-state index is 0.427. The van der Waals surface area contributed by atoms with Crippen molar-refractivity contribution in [1.29, 1.82) is 0 Å². The van der Waals surface area contributed by atoms with Gasteiger partial charge in [0.25, 0.3) is 0 Å². The Balaban J connectivity index is 2.45. The molecule has 2 N–H and O–H groups in total. The van der Waals surface area contributed by atoms with Crippen LogP contribution in [0.3, 0.4) is 0 Å². The molecular formula is C18H31N3O2. The van der Waals surface area contributed by atoms with E-state index in [4.69, 9.17) is 9.47 Å². The van der Waals surface area contributed by atoms with Crippen molar-refractivity contribution in [3.8, 4) is 11.5 Å². The number of hydrogen-bond acceptors (Lipinski definition) is 3. The summed E-state index contributed by atoms with van der Waals surface area (Å²) < 4.78 is 10.9. The Hall–Kier alpha value is -1.91. The second-order valence-electron chi connectivity index (χ2n) is 5.47. The summed E-state index contributed by atoms with van der Waals surface area (Å²) in [5.41, 5.74) is 1.25. The normalized spacial score (nSPS) is 12.7. The molecule has 0 spiro atoms. The largest absolute Gasteiger partial charge is 0.493 e. The molecule has 0 aliphatic carbocycles. The molecule has 23 heavy (non-hydrogen) atoms. The highest BCUT2D eigenvalue weighted by molar-refractivity contribution is 5.79. The van der Waals surface area contributed by atoms with Crippen molar-refractivity contribution in [2.45, 2.75) is 46.1 Å². The monoisotopic (exact) mass is 321 g/mol. The first-order chi connectivity index (χ1) is 11.1. The maximum atomic E-state index is 5.62. The Bertz CT molecular complexity index is 489. The first kappa shape index (κ1) is 19.1. The lowest BCUT2D eigenvalue weighted by Crippen LogP contribution is -2.42. The third-order valence-corrected chi connectivity index (χ3v) is 3.68. The van der Waals surface area contributed by atoms with Gasteiger partial charge in [0.15, 0.2) is 17.5 Å². The van der Waals surface area contributed by atoms with Crippen molar-refractivity contribution in [3.05, 3.63) is 23.8 Å². The number of guanidine groups is 1. The van der Waals surface area contributed by atoms with E-state index in [1.807, 2.05) is 13.0 Å². The van der Waals surface area contributed by atoms with Crippen LogP contribution < -0.4 is 20.1 Å². The number of methoxy groups -OCH3 is 1. The Kier molecular flexibility index (Phi) is 8.95. The molecule has 1 rings (SSSR count). The molecule has 0 radical (unpaired) electrons. The fourth-order valence-electron chi connectivity index (χ4n) is 2.17. The van der Waals surface area contributed by atoms with Crippen molar-refractivity contribution in [2.24, 2.45) is 4.99 Å². The highest BCUT2D eigenvalue weighted by Gasteiger charge is 2.06. The number of benzene rings is 1. The number of ether oxygens (including phenoxy) is 2. The molecule has 0 aromatic heterocycles. The van der Waals surface area contributed by atoms with Gasteiger partial charge in [0, 0.05) is 19.6 Å². The molecule has 1 atom stereocenters. The third kappa shape index (κ3) is 6.80. The second kappa shape index (κ2) is 10.8. The molecule has 130 valence electrons. The van der Waals surface area contributed by atoms with Gasteiger partial charge < -0.3 is 20.1 Å². The predicted octanol–water partition coefficient (Wildman–Crippen LogP) is 2.99. The average Bonchev–Trinajstić information content (AvgIpc) is 2.57. The van der Waals surface area contributed by atoms with Gasteiger partial charge in [-0.1, -0.05) is 13.0 Å². The van der Waals surface area contributed by atoms with Crippen LogP contribution >= 0.6 is 0 Å². The van der Waals surface area contributed by atoms with Gasteiger partial charge in [0.1, 0.15) is 0 Å². The van der Waals surface area contributed by atoms with Gasteiger partial charge >= 0.3 is 0 Å². The van der Waals surface area contributed by atoms with Gasteiger partial charge in [-0.05, 0) is 50.8 Å². The molecule has 0 heterocycles. The van der Waals surface area contributed by atoms with Crippen LogP contribution in [0.2, 0.25) is 0 Å². The van der Waals surface area contributed by atoms with E-state index in [0.29, 0.717) is 12.6 Å². The van der Waals surface area contributed by atoms with Crippen molar-refractivity contribution in [2.75, 3.05) is 27.3 Å². The first-order valence-electron chi connectivity index (χ1n) is 8.41. The van der Waals surface area contributed by atoms with E-state index in [9.17, 15) is 0 Å². The molecule has 0 aliphatic heterocycles. The van der Waals surface area contributed by atoms with Gasteiger partial charge in [0.2, 0.25) is 0 Å². The van der Waals surface area contributed by atoms with Gasteiger partial charge in [0.05, 0.1) is 13.7 Å². The van der Waals surface area contributed by atoms with Crippen LogP contribution in [0.15, 0.2) is 23.2 Å². The second-order valence-corrected chi connectivity index (χ2v) is 5.47. The number of aryl methyl sites for hydroxylation is 1. The minimum Gasteiger partial charge on any atom is -0.493 e. The lowest BCUT2D eigenvalue weighted by molar-refractivity contribution is 0.310. The van der Waals surface area contributed by atoms with E-state index in [1.54, 1.807) is 14.2 Å². The zero-order valence-electron chi connectivity index (χ0n) is 15.1. The fraction of sp³-hybridized carbons (Fsp3) is 0.611. The van der Waals surface area contributed by atoms with Crippen LogP contribution in [0.25, 0.3) is 0 Å². The minimum atomic E-state index is 0.427. The van der Waals surface area contributed by atoms with E-state index in [0.717, 1.165) is 43.3 Å². The van der Waals surface area contributed by atoms with E-state index in [1.165, 1.54) is 5.56 Å². The number of rotatable bonds is 9. The Labute approximate surface area is 140 Å². The van der Waals surface area contributed by atoms with Crippen LogP contribution in [0, 0.1) is 0 Å². The van der Waals surface area contributed by atoms with Gasteiger partial charge in [-0.15, -0.1) is 0 Å². The van der Waals surface area contributed by atoms with Crippen LogP contribution in [0.5, 0.6) is 11.5 Å². The van der Waals surface area contributed by atoms with Crippen LogP contribution in [0.4, 0.5) is 0 Å². The zero-order valence-corrected chi connectivity index (χ0v) is 15.1. The molecule has 0 bridgehead atoms. The Morgan fingerprint density at radius 2 is 2.04 bits per heavy atom. The Morgan fingerprint density at radius 1 is 1.26 bits per heavy atom. The first-order valence-corrected chi connectivity index (χ1v) is 8.41.